The highest BCUT2D eigenvalue weighted by Gasteiger charge is 2.17. The average Bonchev–Trinajstić information content (AvgIpc) is 2.95. The lowest BCUT2D eigenvalue weighted by Crippen LogP contribution is -2.33. The molecule has 0 aliphatic carbocycles. The zero-order chi connectivity index (χ0) is 29.2. The fraction of sp³-hybridized carbons (Fsp3) is 0.207. The fourth-order valence-electron chi connectivity index (χ4n) is 3.72. The van der Waals surface area contributed by atoms with E-state index < -0.39 is 11.8 Å². The summed E-state index contributed by atoms with van der Waals surface area (Å²) in [4.78, 5) is 28.4. The number of carbonyl (C=O) groups is 2. The van der Waals surface area contributed by atoms with Gasteiger partial charge in [0.2, 0.25) is 0 Å². The van der Waals surface area contributed by atoms with E-state index in [2.05, 4.69) is 66.5 Å². The van der Waals surface area contributed by atoms with Crippen molar-refractivity contribution in [2.24, 2.45) is 5.10 Å². The summed E-state index contributed by atoms with van der Waals surface area (Å²) in [5.74, 6) is -0.994. The third kappa shape index (κ3) is 7.87. The second-order valence-corrected chi connectivity index (χ2v) is 10.3. The van der Waals surface area contributed by atoms with Crippen LogP contribution < -0.4 is 20.4 Å². The smallest absolute Gasteiger partial charge is 0.287 e. The van der Waals surface area contributed by atoms with Gasteiger partial charge in [-0.25, -0.2) is 5.43 Å². The molecular weight excluding hydrogens is 664 g/mol. The predicted octanol–water partition coefficient (Wildman–Crippen LogP) is 6.74. The summed E-state index contributed by atoms with van der Waals surface area (Å²) in [6, 6.07) is 15.8. The number of hydrogen-bond donors (Lipinski definition) is 3. The lowest BCUT2D eigenvalue weighted by atomic mass is 10.1. The number of halogens is 3. The maximum atomic E-state index is 13.2. The van der Waals surface area contributed by atoms with Gasteiger partial charge in [0.15, 0.2) is 11.5 Å². The Balaban J connectivity index is 1.90. The number of nitrogens with one attached hydrogen (secondary N) is 2. The fourth-order valence-corrected chi connectivity index (χ4v) is 4.77. The largest absolute Gasteiger partial charge is 0.503 e. The minimum absolute atomic E-state index is 0.0291. The Bertz CT molecular complexity index is 1420. The molecule has 0 bridgehead atoms. The minimum Gasteiger partial charge on any atom is -0.503 e. The van der Waals surface area contributed by atoms with Crippen LogP contribution in [-0.4, -0.2) is 42.8 Å². The van der Waals surface area contributed by atoms with E-state index in [0.717, 1.165) is 18.8 Å². The lowest BCUT2D eigenvalue weighted by molar-refractivity contribution is -0.117. The van der Waals surface area contributed by atoms with Crippen LogP contribution in [0.1, 0.15) is 42.3 Å². The average molecular weight is 693 g/mol. The summed E-state index contributed by atoms with van der Waals surface area (Å²) >= 11 is 12.9. The van der Waals surface area contributed by atoms with E-state index in [0.29, 0.717) is 26.7 Å². The molecule has 0 saturated carbocycles. The molecule has 3 N–H and O–H groups in total. The molecular formula is C29H29Br2ClN4O4. The van der Waals surface area contributed by atoms with Gasteiger partial charge in [0.05, 0.1) is 27.9 Å². The maximum absolute atomic E-state index is 13.2. The van der Waals surface area contributed by atoms with Crippen molar-refractivity contribution < 1.29 is 19.4 Å². The van der Waals surface area contributed by atoms with E-state index in [-0.39, 0.29) is 27.8 Å². The summed E-state index contributed by atoms with van der Waals surface area (Å²) in [5, 5.41) is 17.2. The van der Waals surface area contributed by atoms with Crippen LogP contribution in [0.2, 0.25) is 5.02 Å². The molecule has 0 atom stereocenters. The molecule has 0 unspecified atom stereocenters. The van der Waals surface area contributed by atoms with Crippen LogP contribution in [0.4, 0.5) is 5.69 Å². The molecule has 0 aromatic heterocycles. The molecule has 210 valence electrons. The molecule has 40 heavy (non-hydrogen) atoms. The quantitative estimate of drug-likeness (QED) is 0.117. The number of phenols is 1. The van der Waals surface area contributed by atoms with Gasteiger partial charge in [0.25, 0.3) is 11.8 Å². The highest BCUT2D eigenvalue weighted by atomic mass is 79.9. The van der Waals surface area contributed by atoms with Crippen molar-refractivity contribution >= 4 is 73.3 Å². The number of nitrogens with zero attached hydrogens (tertiary/aromatic N) is 2. The van der Waals surface area contributed by atoms with Crippen molar-refractivity contribution in [1.82, 2.24) is 10.7 Å². The monoisotopic (exact) mass is 690 g/mol. The number of ether oxygens (including phenoxy) is 1. The molecule has 3 rings (SSSR count). The lowest BCUT2D eigenvalue weighted by Gasteiger charge is -2.21. The molecule has 3 aromatic rings. The van der Waals surface area contributed by atoms with Gasteiger partial charge in [0.1, 0.15) is 5.70 Å². The first kappa shape index (κ1) is 31.2. The van der Waals surface area contributed by atoms with Gasteiger partial charge in [-0.15, -0.1) is 0 Å². The Labute approximate surface area is 255 Å². The van der Waals surface area contributed by atoms with Gasteiger partial charge < -0.3 is 20.1 Å². The number of amides is 2. The van der Waals surface area contributed by atoms with Crippen molar-refractivity contribution in [2.75, 3.05) is 24.6 Å². The molecule has 0 fully saturated rings. The topological polar surface area (TPSA) is 103 Å². The van der Waals surface area contributed by atoms with Gasteiger partial charge >= 0.3 is 0 Å². The molecule has 0 radical (unpaired) electrons. The van der Waals surface area contributed by atoms with Crippen LogP contribution in [0.25, 0.3) is 6.08 Å². The Kier molecular flexibility index (Phi) is 11.6. The number of phenolic OH excluding ortho intramolecular Hbond substituents is 1. The van der Waals surface area contributed by atoms with Crippen molar-refractivity contribution in [2.45, 2.75) is 20.8 Å². The number of hydrogen-bond acceptors (Lipinski definition) is 6. The first-order chi connectivity index (χ1) is 19.2. The van der Waals surface area contributed by atoms with Crippen LogP contribution in [0, 0.1) is 0 Å². The third-order valence-electron chi connectivity index (χ3n) is 5.79. The zero-order valence-corrected chi connectivity index (χ0v) is 26.1. The van der Waals surface area contributed by atoms with E-state index in [1.54, 1.807) is 43.3 Å². The van der Waals surface area contributed by atoms with Crippen molar-refractivity contribution in [3.8, 4) is 11.5 Å². The second kappa shape index (κ2) is 14.9. The molecule has 0 aliphatic rings. The number of benzene rings is 3. The normalized spacial score (nSPS) is 11.4. The summed E-state index contributed by atoms with van der Waals surface area (Å²) in [6.07, 6.45) is 2.95. The number of aromatic hydroxyl groups is 1. The van der Waals surface area contributed by atoms with Crippen molar-refractivity contribution in [1.29, 1.82) is 0 Å². The van der Waals surface area contributed by atoms with Gasteiger partial charge in [-0.3, -0.25) is 9.59 Å². The Morgan fingerprint density at radius 2 is 1.73 bits per heavy atom. The second-order valence-electron chi connectivity index (χ2n) is 8.33. The number of carbonyl (C=O) groups excluding carboxylic acids is 2. The predicted molar refractivity (Wildman–Crippen MR) is 167 cm³/mol. The van der Waals surface area contributed by atoms with Crippen LogP contribution in [0.5, 0.6) is 11.5 Å². The standard InChI is InChI=1S/C29H29Br2ClN4O4/c1-4-36(5-2)20-13-11-18(12-14-20)15-23(34-28(38)21-9-7-8-10-22(21)32)29(39)35-33-17-19-16-24(40-6-3)27(37)26(31)25(19)30/h7-17,37H,4-6H2,1-3H3,(H,34,38)(H,35,39)/b23-15+,33-17-. The summed E-state index contributed by atoms with van der Waals surface area (Å²) < 4.78 is 6.36. The molecule has 11 heteroatoms. The van der Waals surface area contributed by atoms with Gasteiger partial charge in [-0.1, -0.05) is 35.9 Å². The van der Waals surface area contributed by atoms with E-state index in [1.807, 2.05) is 24.3 Å². The van der Waals surface area contributed by atoms with E-state index in [4.69, 9.17) is 16.3 Å². The van der Waals surface area contributed by atoms with Crippen molar-refractivity contribution in [3.63, 3.8) is 0 Å². The molecule has 0 spiro atoms. The van der Waals surface area contributed by atoms with Crippen LogP contribution in [0.3, 0.4) is 0 Å². The number of rotatable bonds is 11. The highest BCUT2D eigenvalue weighted by Crippen LogP contribution is 2.41. The SMILES string of the molecule is CCOc1cc(/C=N\NC(=O)/C(=C\c2ccc(N(CC)CC)cc2)NC(=O)c2ccccc2Cl)c(Br)c(Br)c1O. The molecule has 0 saturated heterocycles. The highest BCUT2D eigenvalue weighted by molar-refractivity contribution is 9.13. The van der Waals surface area contributed by atoms with Crippen LogP contribution >= 0.6 is 43.5 Å². The first-order valence-electron chi connectivity index (χ1n) is 12.5. The van der Waals surface area contributed by atoms with E-state index in [1.165, 1.54) is 6.21 Å². The number of anilines is 1. The molecule has 0 heterocycles. The van der Waals surface area contributed by atoms with Gasteiger partial charge in [-0.2, -0.15) is 5.10 Å². The molecule has 8 nitrogen and oxygen atoms in total. The van der Waals surface area contributed by atoms with Crippen molar-refractivity contribution in [3.05, 3.63) is 91.0 Å². The number of hydrazone groups is 1. The summed E-state index contributed by atoms with van der Waals surface area (Å²) in [6.45, 7) is 8.04. The van der Waals surface area contributed by atoms with Crippen LogP contribution in [-0.2, 0) is 4.79 Å². The van der Waals surface area contributed by atoms with E-state index >= 15 is 0 Å². The Morgan fingerprint density at radius 3 is 2.35 bits per heavy atom. The first-order valence-corrected chi connectivity index (χ1v) is 14.5. The molecule has 2 amide bonds. The minimum atomic E-state index is -0.650. The maximum Gasteiger partial charge on any atom is 0.287 e. The van der Waals surface area contributed by atoms with Gasteiger partial charge in [0, 0.05) is 28.8 Å². The third-order valence-corrected chi connectivity index (χ3v) is 8.28. The van der Waals surface area contributed by atoms with E-state index in [9.17, 15) is 14.7 Å². The summed E-state index contributed by atoms with van der Waals surface area (Å²) in [7, 11) is 0. The Hall–Kier alpha value is -3.34. The summed E-state index contributed by atoms with van der Waals surface area (Å²) in [5.41, 5.74) is 4.94. The van der Waals surface area contributed by atoms with Gasteiger partial charge in [-0.05, 0) is 94.6 Å². The zero-order valence-electron chi connectivity index (χ0n) is 22.2. The Morgan fingerprint density at radius 1 is 1.05 bits per heavy atom. The van der Waals surface area contributed by atoms with Crippen LogP contribution in [0.15, 0.2) is 74.3 Å². The molecule has 0 aliphatic heterocycles. The molecule has 3 aromatic carbocycles.